The quantitative estimate of drug-likeness (QED) is 0.0946. The van der Waals surface area contributed by atoms with E-state index < -0.39 is 0 Å². The molecule has 0 saturated carbocycles. The molecule has 0 bridgehead atoms. The topological polar surface area (TPSA) is 161 Å². The van der Waals surface area contributed by atoms with E-state index in [0.717, 1.165) is 244 Å². The molecule has 0 aliphatic carbocycles. The van der Waals surface area contributed by atoms with Gasteiger partial charge in [0.15, 0.2) is 0 Å². The van der Waals surface area contributed by atoms with Crippen molar-refractivity contribution >= 4 is 205 Å². The molecular weight excluding hydrogens is 2360 g/mol. The molecule has 0 unspecified atom stereocenters. The molecule has 0 amide bonds. The second kappa shape index (κ2) is 39.0. The molecule has 716 valence electrons. The number of para-hydroxylation sites is 6. The largest absolute Gasteiger partial charge is 2.00 e. The fourth-order valence-corrected chi connectivity index (χ4v) is 20.6. The molecule has 15 nitrogen and oxygen atoms in total. The van der Waals surface area contributed by atoms with Crippen LogP contribution in [0.15, 0.2) is 440 Å². The maximum atomic E-state index is 6.37. The summed E-state index contributed by atoms with van der Waals surface area (Å²) in [6.45, 7) is 13.6. The average Bonchev–Trinajstić information content (AvgIpc) is 1.57. The van der Waals surface area contributed by atoms with Gasteiger partial charge in [-0.15, -0.1) is 87.7 Å². The molecule has 0 radical (unpaired) electrons. The maximum Gasteiger partial charge on any atom is 2.00 e. The van der Waals surface area contributed by atoms with Crippen LogP contribution in [0.3, 0.4) is 0 Å². The molecular formula is C130H89N13O2Pt3. The van der Waals surface area contributed by atoms with E-state index >= 15 is 0 Å². The van der Waals surface area contributed by atoms with Gasteiger partial charge in [-0.05, 0) is 213 Å². The number of aromatic nitrogens is 10. The number of hydrogen-bond donors (Lipinski definition) is 0. The number of furan rings is 2. The second-order valence-corrected chi connectivity index (χ2v) is 38.7. The van der Waals surface area contributed by atoms with Crippen LogP contribution in [0.25, 0.3) is 204 Å². The van der Waals surface area contributed by atoms with Gasteiger partial charge in [-0.25, -0.2) is 15.0 Å². The standard InChI is InChI=1S/C46H38N4O.C44H27N5.C40H24N4O.3Pt/c1-45(2,3)29-17-19-37-33(24-29)34-25-30(46(4,5)6)26-35(43(34)48-37)38-20-22-41-44(49-38)36-27-31(18-21-40(36)51-41)50(42-16-9-10-23-47-42)39-15-11-13-28-12-7-8-14-32(28)39;1-2-14-30(15-3-1)48-40-25-23-31(49(42-22-8-9-27-45-42)39-21-10-13-29-12-4-5-16-32(29)39)28-36(40)44-41(48)26-24-38(47-44)35-19-11-18-34-33-17-6-7-20-37(33)46-43(34)35;1-2-11-26(12-3-1)28-13-5-7-18-35(28)44(38-19-8-9-24-41-38)27-20-22-36-32(25-27)40-37(45-36)23-21-34(43-40)31-16-10-15-30-29-14-4-6-17-33(29)42-39(30)31;;;/h7-26H,1-6H3;1-27H;1-24H;;;/q3*-2;3*+2. The molecule has 0 spiro atoms. The monoisotopic (exact) mass is 2450 g/mol. The van der Waals surface area contributed by atoms with Gasteiger partial charge in [-0.1, -0.05) is 331 Å². The summed E-state index contributed by atoms with van der Waals surface area (Å²) >= 11 is 0. The Bertz CT molecular complexity index is 9910. The summed E-state index contributed by atoms with van der Waals surface area (Å²) in [5.41, 5.74) is 30.2. The van der Waals surface area contributed by atoms with Gasteiger partial charge in [-0.2, -0.15) is 0 Å². The van der Waals surface area contributed by atoms with Crippen LogP contribution in [0.1, 0.15) is 52.7 Å². The van der Waals surface area contributed by atoms with Crippen LogP contribution in [0.2, 0.25) is 0 Å². The molecule has 16 aromatic carbocycles. The van der Waals surface area contributed by atoms with Crippen molar-refractivity contribution in [1.29, 1.82) is 0 Å². The fraction of sp³-hybridized carbons (Fsp3) is 0.0615. The van der Waals surface area contributed by atoms with Gasteiger partial charge in [0, 0.05) is 73.8 Å². The van der Waals surface area contributed by atoms with Crippen LogP contribution >= 0.6 is 0 Å². The van der Waals surface area contributed by atoms with Gasteiger partial charge >= 0.3 is 63.2 Å². The van der Waals surface area contributed by atoms with Gasteiger partial charge in [-0.3, -0.25) is 15.0 Å². The molecule has 0 atom stereocenters. The number of nitrogens with zero attached hydrogens (tertiary/aromatic N) is 13. The van der Waals surface area contributed by atoms with Crippen LogP contribution in [0.4, 0.5) is 51.6 Å². The van der Waals surface area contributed by atoms with Crippen LogP contribution in [0.5, 0.6) is 0 Å². The average molecular weight is 2450 g/mol. The van der Waals surface area contributed by atoms with E-state index in [4.69, 9.17) is 53.7 Å². The molecule has 28 aromatic rings. The number of rotatable bonds is 14. The van der Waals surface area contributed by atoms with Crippen molar-refractivity contribution in [2.75, 3.05) is 14.7 Å². The van der Waals surface area contributed by atoms with E-state index in [9.17, 15) is 0 Å². The molecule has 0 N–H and O–H groups in total. The van der Waals surface area contributed by atoms with Crippen molar-refractivity contribution < 1.29 is 72.0 Å². The van der Waals surface area contributed by atoms with Crippen molar-refractivity contribution in [3.05, 3.63) is 460 Å². The molecule has 12 heterocycles. The minimum absolute atomic E-state index is 0. The van der Waals surface area contributed by atoms with Gasteiger partial charge in [0.1, 0.15) is 17.5 Å². The number of fused-ring (bicyclic) bond motifs is 20. The third-order valence-corrected chi connectivity index (χ3v) is 27.6. The van der Waals surface area contributed by atoms with Gasteiger partial charge in [0.05, 0.1) is 45.3 Å². The van der Waals surface area contributed by atoms with E-state index in [2.05, 4.69) is 370 Å². The van der Waals surface area contributed by atoms with Crippen LogP contribution in [0, 0.1) is 18.2 Å². The number of pyridine rings is 6. The SMILES string of the molecule is CC(C)(C)c1ccc2[n-]c3c(-c4ccc5oc6ccc(N(c7ccccn7)c7cccc8ccccc78)[c-]c6c5n4)cc(C(C)(C)C)cc3c2c1.[Pt+2].[Pt+2].[Pt+2].[c-]1c(N(c2ccccn2)c2cccc3ccccc23)ccc2c1c1nc(-c3cccc4c3[n-]c3ccccc34)ccc1n2-c1ccccc1.[c-]1c(N(c2ccccn2)c2ccccc2-c2ccccc2)ccc2oc3ccc(-c4cccc5c4[n-]c4ccccc45)nc3c12. The minimum atomic E-state index is -0.0696. The number of anilines is 9. The molecule has 0 aliphatic heterocycles. The normalized spacial score (nSPS) is 11.7. The first-order valence-electron chi connectivity index (χ1n) is 48.8. The van der Waals surface area contributed by atoms with Gasteiger partial charge < -0.3 is 43.1 Å². The van der Waals surface area contributed by atoms with Crippen LogP contribution in [-0.2, 0) is 74.0 Å². The summed E-state index contributed by atoms with van der Waals surface area (Å²) in [5, 5.41) is 14.1. The molecule has 0 saturated heterocycles. The zero-order valence-electron chi connectivity index (χ0n) is 81.1. The van der Waals surface area contributed by atoms with Crippen LogP contribution in [-0.4, -0.2) is 34.5 Å². The van der Waals surface area contributed by atoms with E-state index in [0.29, 0.717) is 5.58 Å². The van der Waals surface area contributed by atoms with Crippen molar-refractivity contribution in [1.82, 2.24) is 49.4 Å². The number of hydrogen-bond acceptors (Lipinski definition) is 11. The predicted molar refractivity (Wildman–Crippen MR) is 595 cm³/mol. The van der Waals surface area contributed by atoms with Crippen molar-refractivity contribution in [2.45, 2.75) is 52.4 Å². The van der Waals surface area contributed by atoms with E-state index in [1.165, 1.54) is 16.5 Å². The molecule has 18 heteroatoms. The Kier molecular flexibility index (Phi) is 24.9. The Balaban J connectivity index is 0.000000121. The number of benzene rings is 16. The molecule has 28 rings (SSSR count). The first-order chi connectivity index (χ1) is 71.2. The van der Waals surface area contributed by atoms with Crippen LogP contribution < -0.4 is 29.7 Å². The Morgan fingerprint density at radius 3 is 1.18 bits per heavy atom. The van der Waals surface area contributed by atoms with Gasteiger partial charge in [0.25, 0.3) is 0 Å². The predicted octanol–water partition coefficient (Wildman–Crippen LogP) is 33.5. The Morgan fingerprint density at radius 1 is 0.270 bits per heavy atom. The first-order valence-corrected chi connectivity index (χ1v) is 48.8. The summed E-state index contributed by atoms with van der Waals surface area (Å²) in [4.78, 5) is 52.0. The zero-order chi connectivity index (χ0) is 97.1. The Morgan fingerprint density at radius 2 is 0.655 bits per heavy atom. The maximum absolute atomic E-state index is 6.37. The summed E-state index contributed by atoms with van der Waals surface area (Å²) in [6.07, 6.45) is 5.47. The second-order valence-electron chi connectivity index (χ2n) is 38.7. The van der Waals surface area contributed by atoms with Crippen molar-refractivity contribution in [3.63, 3.8) is 0 Å². The third kappa shape index (κ3) is 17.0. The molecule has 0 aliphatic rings. The summed E-state index contributed by atoms with van der Waals surface area (Å²) in [6, 6.07) is 153. The summed E-state index contributed by atoms with van der Waals surface area (Å²) < 4.78 is 14.9. The Hall–Kier alpha value is -16.8. The first kappa shape index (κ1) is 94.8. The molecule has 12 aromatic heterocycles. The zero-order valence-corrected chi connectivity index (χ0v) is 87.9. The third-order valence-electron chi connectivity index (χ3n) is 27.6. The smallest absolute Gasteiger partial charge is 0.656 e. The van der Waals surface area contributed by atoms with E-state index in [-0.39, 0.29) is 74.0 Å². The fourth-order valence-electron chi connectivity index (χ4n) is 20.6. The van der Waals surface area contributed by atoms with E-state index in [1.54, 1.807) is 0 Å². The molecule has 148 heavy (non-hydrogen) atoms. The molecule has 0 fully saturated rings. The minimum Gasteiger partial charge on any atom is -0.656 e. The van der Waals surface area contributed by atoms with Gasteiger partial charge in [0.2, 0.25) is 0 Å². The van der Waals surface area contributed by atoms with E-state index in [1.807, 2.05) is 140 Å². The summed E-state index contributed by atoms with van der Waals surface area (Å²) in [7, 11) is 0. The summed E-state index contributed by atoms with van der Waals surface area (Å²) in [5.74, 6) is 2.41. The van der Waals surface area contributed by atoms with Crippen molar-refractivity contribution in [3.8, 4) is 50.6 Å². The Labute approximate surface area is 896 Å². The van der Waals surface area contributed by atoms with Crippen molar-refractivity contribution in [2.24, 2.45) is 0 Å².